The Bertz CT molecular complexity index is 252. The first kappa shape index (κ1) is 15.9. The van der Waals surface area contributed by atoms with E-state index in [1.165, 1.54) is 0 Å². The predicted octanol–water partition coefficient (Wildman–Crippen LogP) is 1.09. The Hall–Kier alpha value is -1.10. The molecular formula is C12H24N2O3. The number of hydrogen-bond acceptors (Lipinski definition) is 3. The largest absolute Gasteiger partial charge is 0.481 e. The van der Waals surface area contributed by atoms with E-state index in [1.54, 1.807) is 0 Å². The van der Waals surface area contributed by atoms with Gasteiger partial charge in [0, 0.05) is 31.6 Å². The lowest BCUT2D eigenvalue weighted by Crippen LogP contribution is -2.38. The van der Waals surface area contributed by atoms with Gasteiger partial charge in [-0.1, -0.05) is 0 Å². The summed E-state index contributed by atoms with van der Waals surface area (Å²) >= 11 is 0. The van der Waals surface area contributed by atoms with Crippen LogP contribution in [-0.4, -0.2) is 47.1 Å². The number of carbonyl (C=O) groups excluding carboxylic acids is 1. The van der Waals surface area contributed by atoms with Crippen molar-refractivity contribution in [2.75, 3.05) is 13.1 Å². The van der Waals surface area contributed by atoms with Crippen molar-refractivity contribution < 1.29 is 14.7 Å². The summed E-state index contributed by atoms with van der Waals surface area (Å²) in [6.07, 6.45) is 0.528. The normalized spacial score (nSPS) is 11.2. The van der Waals surface area contributed by atoms with Crippen molar-refractivity contribution >= 4 is 11.9 Å². The second kappa shape index (κ2) is 8.06. The van der Waals surface area contributed by atoms with E-state index in [-0.39, 0.29) is 24.4 Å². The molecule has 0 radical (unpaired) electrons. The average molecular weight is 244 g/mol. The summed E-state index contributed by atoms with van der Waals surface area (Å²) in [5.74, 6) is -0.789. The van der Waals surface area contributed by atoms with Crippen LogP contribution < -0.4 is 5.32 Å². The number of rotatable bonds is 8. The molecule has 0 saturated heterocycles. The first-order valence-corrected chi connectivity index (χ1v) is 6.08. The molecule has 0 heterocycles. The molecule has 0 aromatic heterocycles. The van der Waals surface area contributed by atoms with Crippen molar-refractivity contribution in [3.8, 4) is 0 Å². The van der Waals surface area contributed by atoms with E-state index in [4.69, 9.17) is 5.11 Å². The summed E-state index contributed by atoms with van der Waals surface area (Å²) < 4.78 is 0. The van der Waals surface area contributed by atoms with Crippen LogP contribution in [0.4, 0.5) is 0 Å². The van der Waals surface area contributed by atoms with Crippen LogP contribution in [0.2, 0.25) is 0 Å². The van der Waals surface area contributed by atoms with E-state index < -0.39 is 5.97 Å². The minimum Gasteiger partial charge on any atom is -0.481 e. The van der Waals surface area contributed by atoms with Gasteiger partial charge in [-0.25, -0.2) is 0 Å². The molecule has 1 amide bonds. The molecule has 0 unspecified atom stereocenters. The van der Waals surface area contributed by atoms with Gasteiger partial charge in [-0.15, -0.1) is 0 Å². The van der Waals surface area contributed by atoms with E-state index in [1.807, 2.05) is 32.6 Å². The number of aliphatic carboxylic acids is 1. The van der Waals surface area contributed by atoms with Crippen molar-refractivity contribution in [3.63, 3.8) is 0 Å². The summed E-state index contributed by atoms with van der Waals surface area (Å²) in [6, 6.07) is 0.398. The van der Waals surface area contributed by atoms with Crippen LogP contribution in [0.3, 0.4) is 0 Å². The second-order valence-corrected chi connectivity index (χ2v) is 4.75. The maximum absolute atomic E-state index is 11.5. The van der Waals surface area contributed by atoms with Crippen molar-refractivity contribution in [1.29, 1.82) is 0 Å². The highest BCUT2D eigenvalue weighted by molar-refractivity contribution is 5.76. The molecule has 0 aromatic carbocycles. The van der Waals surface area contributed by atoms with Crippen LogP contribution in [0.15, 0.2) is 0 Å². The fourth-order valence-electron chi connectivity index (χ4n) is 1.51. The highest BCUT2D eigenvalue weighted by atomic mass is 16.4. The summed E-state index contributed by atoms with van der Waals surface area (Å²) in [7, 11) is 0. The van der Waals surface area contributed by atoms with Crippen LogP contribution in [0.1, 0.15) is 40.5 Å². The predicted molar refractivity (Wildman–Crippen MR) is 66.9 cm³/mol. The van der Waals surface area contributed by atoms with Gasteiger partial charge in [-0.05, 0) is 27.7 Å². The standard InChI is InChI=1S/C12H24N2O3/c1-9(2)13-11(15)5-7-14(10(3)4)8-6-12(16)17/h9-10H,5-8H2,1-4H3,(H,13,15)(H,16,17). The fraction of sp³-hybridized carbons (Fsp3) is 0.833. The van der Waals surface area contributed by atoms with Gasteiger partial charge in [-0.3, -0.25) is 14.5 Å². The molecule has 2 N–H and O–H groups in total. The molecule has 0 aliphatic carbocycles. The molecule has 0 fully saturated rings. The molecule has 5 nitrogen and oxygen atoms in total. The maximum Gasteiger partial charge on any atom is 0.304 e. The SMILES string of the molecule is CC(C)NC(=O)CCN(CCC(=O)O)C(C)C. The van der Waals surface area contributed by atoms with Gasteiger partial charge < -0.3 is 10.4 Å². The highest BCUT2D eigenvalue weighted by Gasteiger charge is 2.13. The third-order valence-electron chi connectivity index (χ3n) is 2.42. The van der Waals surface area contributed by atoms with Crippen molar-refractivity contribution in [2.24, 2.45) is 0 Å². The molecule has 0 saturated carbocycles. The Balaban J connectivity index is 4.00. The van der Waals surface area contributed by atoms with Crippen LogP contribution in [0.5, 0.6) is 0 Å². The van der Waals surface area contributed by atoms with Crippen molar-refractivity contribution in [1.82, 2.24) is 10.2 Å². The van der Waals surface area contributed by atoms with E-state index in [0.717, 1.165) is 0 Å². The molecule has 0 aliphatic heterocycles. The number of hydrogen-bond donors (Lipinski definition) is 2. The lowest BCUT2D eigenvalue weighted by Gasteiger charge is -2.25. The van der Waals surface area contributed by atoms with Gasteiger partial charge in [0.05, 0.1) is 6.42 Å². The van der Waals surface area contributed by atoms with Gasteiger partial charge in [0.15, 0.2) is 0 Å². The number of nitrogens with zero attached hydrogens (tertiary/aromatic N) is 1. The number of carboxylic acids is 1. The quantitative estimate of drug-likeness (QED) is 0.670. The maximum atomic E-state index is 11.5. The van der Waals surface area contributed by atoms with Gasteiger partial charge in [0.1, 0.15) is 0 Å². The molecule has 0 aliphatic rings. The van der Waals surface area contributed by atoms with Crippen LogP contribution in [0.25, 0.3) is 0 Å². The lowest BCUT2D eigenvalue weighted by molar-refractivity contribution is -0.137. The number of carboxylic acid groups (broad SMARTS) is 1. The minimum atomic E-state index is -0.803. The Morgan fingerprint density at radius 2 is 1.65 bits per heavy atom. The second-order valence-electron chi connectivity index (χ2n) is 4.75. The third kappa shape index (κ3) is 8.68. The summed E-state index contributed by atoms with van der Waals surface area (Å²) in [4.78, 5) is 24.0. The molecule has 17 heavy (non-hydrogen) atoms. The molecule has 0 aromatic rings. The van der Waals surface area contributed by atoms with Crippen LogP contribution in [-0.2, 0) is 9.59 Å². The molecule has 100 valence electrons. The van der Waals surface area contributed by atoms with E-state index in [0.29, 0.717) is 19.5 Å². The Morgan fingerprint density at radius 3 is 2.06 bits per heavy atom. The molecule has 0 atom stereocenters. The monoisotopic (exact) mass is 244 g/mol. The first-order chi connectivity index (χ1) is 7.82. The smallest absolute Gasteiger partial charge is 0.304 e. The number of nitrogens with one attached hydrogen (secondary N) is 1. The van der Waals surface area contributed by atoms with Crippen LogP contribution >= 0.6 is 0 Å². The number of carbonyl (C=O) groups is 2. The summed E-state index contributed by atoms with van der Waals surface area (Å²) in [5, 5.41) is 11.5. The molecule has 0 bridgehead atoms. The zero-order chi connectivity index (χ0) is 13.4. The minimum absolute atomic E-state index is 0.0148. The summed E-state index contributed by atoms with van der Waals surface area (Å²) in [5.41, 5.74) is 0. The highest BCUT2D eigenvalue weighted by Crippen LogP contribution is 2.01. The molecule has 0 rings (SSSR count). The number of amides is 1. The Labute approximate surface area is 103 Å². The zero-order valence-corrected chi connectivity index (χ0v) is 11.2. The van der Waals surface area contributed by atoms with Crippen molar-refractivity contribution in [3.05, 3.63) is 0 Å². The van der Waals surface area contributed by atoms with Gasteiger partial charge in [0.25, 0.3) is 0 Å². The van der Waals surface area contributed by atoms with E-state index >= 15 is 0 Å². The molecule has 5 heteroatoms. The van der Waals surface area contributed by atoms with E-state index in [2.05, 4.69) is 5.32 Å². The Morgan fingerprint density at radius 1 is 1.12 bits per heavy atom. The van der Waals surface area contributed by atoms with Crippen LogP contribution in [0, 0.1) is 0 Å². The molecule has 0 spiro atoms. The average Bonchev–Trinajstić information content (AvgIpc) is 2.15. The lowest BCUT2D eigenvalue weighted by atomic mass is 10.2. The molecular weight excluding hydrogens is 220 g/mol. The van der Waals surface area contributed by atoms with Crippen molar-refractivity contribution in [2.45, 2.75) is 52.6 Å². The third-order valence-corrected chi connectivity index (χ3v) is 2.42. The summed E-state index contributed by atoms with van der Waals surface area (Å²) in [6.45, 7) is 8.93. The fourth-order valence-corrected chi connectivity index (χ4v) is 1.51. The first-order valence-electron chi connectivity index (χ1n) is 6.08. The zero-order valence-electron chi connectivity index (χ0n) is 11.2. The topological polar surface area (TPSA) is 69.6 Å². The van der Waals surface area contributed by atoms with E-state index in [9.17, 15) is 9.59 Å². The van der Waals surface area contributed by atoms with Gasteiger partial charge >= 0.3 is 5.97 Å². The van der Waals surface area contributed by atoms with Gasteiger partial charge in [0.2, 0.25) is 5.91 Å². The van der Waals surface area contributed by atoms with Gasteiger partial charge in [-0.2, -0.15) is 0 Å². The Kier molecular flexibility index (Phi) is 7.54.